The predicted molar refractivity (Wildman–Crippen MR) is 186 cm³/mol. The van der Waals surface area contributed by atoms with Crippen LogP contribution in [0.15, 0.2) is 91.3 Å². The van der Waals surface area contributed by atoms with Crippen molar-refractivity contribution in [1.82, 2.24) is 14.9 Å². The molecule has 48 heavy (non-hydrogen) atoms. The van der Waals surface area contributed by atoms with Crippen molar-refractivity contribution >= 4 is 34.6 Å². The van der Waals surface area contributed by atoms with E-state index in [1.165, 1.54) is 6.33 Å². The lowest BCUT2D eigenvalue weighted by atomic mass is 10.0. The van der Waals surface area contributed by atoms with Gasteiger partial charge in [-0.15, -0.1) is 0 Å². The van der Waals surface area contributed by atoms with Gasteiger partial charge in [0.25, 0.3) is 0 Å². The number of rotatable bonds is 12. The van der Waals surface area contributed by atoms with Gasteiger partial charge in [0.15, 0.2) is 5.82 Å². The van der Waals surface area contributed by atoms with Crippen LogP contribution >= 0.6 is 0 Å². The molecule has 1 atom stereocenters. The summed E-state index contributed by atoms with van der Waals surface area (Å²) in [5.41, 5.74) is 3.19. The van der Waals surface area contributed by atoms with Gasteiger partial charge >= 0.3 is 0 Å². The molecule has 2 saturated heterocycles. The van der Waals surface area contributed by atoms with Crippen LogP contribution in [-0.4, -0.2) is 81.4 Å². The van der Waals surface area contributed by atoms with E-state index >= 15 is 0 Å². The number of benzene rings is 3. The lowest BCUT2D eigenvalue weighted by Gasteiger charge is -2.31. The smallest absolute Gasteiger partial charge is 0.248 e. The molecule has 1 amide bonds. The number of nitrogens with one attached hydrogen (secondary N) is 2. The van der Waals surface area contributed by atoms with E-state index < -0.39 is 0 Å². The zero-order chi connectivity index (χ0) is 33.3. The van der Waals surface area contributed by atoms with E-state index in [1.54, 1.807) is 13.2 Å². The number of amides is 1. The first-order valence-electron chi connectivity index (χ1n) is 16.0. The van der Waals surface area contributed by atoms with Crippen molar-refractivity contribution < 1.29 is 23.8 Å². The van der Waals surface area contributed by atoms with Crippen LogP contribution in [-0.2, 0) is 14.4 Å². The maximum atomic E-state index is 12.9. The summed E-state index contributed by atoms with van der Waals surface area (Å²) in [7, 11) is 5.53. The molecule has 0 aliphatic carbocycles. The molecule has 0 bridgehead atoms. The first kappa shape index (κ1) is 32.8. The molecule has 0 saturated carbocycles. The first-order valence-corrected chi connectivity index (χ1v) is 16.0. The Labute approximate surface area is 280 Å². The summed E-state index contributed by atoms with van der Waals surface area (Å²) >= 11 is 0. The number of carbonyl (C=O) groups is 1. The molecule has 4 aromatic rings. The molecule has 2 aliphatic heterocycles. The van der Waals surface area contributed by atoms with Gasteiger partial charge in [-0.05, 0) is 50.0 Å². The van der Waals surface area contributed by atoms with E-state index in [-0.39, 0.29) is 11.9 Å². The van der Waals surface area contributed by atoms with Gasteiger partial charge in [0, 0.05) is 44.3 Å². The number of nitrogens with zero attached hydrogens (tertiary/aromatic N) is 5. The summed E-state index contributed by atoms with van der Waals surface area (Å²) in [6.07, 6.45) is 5.66. The van der Waals surface area contributed by atoms with Crippen molar-refractivity contribution in [2.24, 2.45) is 0 Å². The SMILES string of the molecule is COc1cc(N2CCOCC2)c(NC(=O)/C=C/CN(C)C)cc1Nc1cc(N2OCCC2c2cccc(Oc3ccccc3)c2)ncn1. The molecule has 12 nitrogen and oxygen atoms in total. The van der Waals surface area contributed by atoms with Crippen molar-refractivity contribution in [2.45, 2.75) is 12.5 Å². The molecule has 0 spiro atoms. The van der Waals surface area contributed by atoms with Gasteiger partial charge in [0.1, 0.15) is 29.4 Å². The van der Waals surface area contributed by atoms with Gasteiger partial charge in [-0.3, -0.25) is 9.63 Å². The Kier molecular flexibility index (Phi) is 10.7. The third kappa shape index (κ3) is 8.21. The highest BCUT2D eigenvalue weighted by Crippen LogP contribution is 2.40. The van der Waals surface area contributed by atoms with Gasteiger partial charge in [-0.1, -0.05) is 36.4 Å². The molecule has 1 unspecified atom stereocenters. The fraction of sp³-hybridized carbons (Fsp3) is 0.306. The monoisotopic (exact) mass is 651 g/mol. The quantitative estimate of drug-likeness (QED) is 0.181. The molecule has 3 aromatic carbocycles. The number of hydroxylamine groups is 1. The van der Waals surface area contributed by atoms with Crippen molar-refractivity contribution in [3.63, 3.8) is 0 Å². The summed E-state index contributed by atoms with van der Waals surface area (Å²) in [5.74, 6) is 3.05. The van der Waals surface area contributed by atoms with Crippen LogP contribution in [0.5, 0.6) is 17.2 Å². The van der Waals surface area contributed by atoms with Gasteiger partial charge in [0.05, 0.1) is 50.0 Å². The molecule has 12 heteroatoms. The highest BCUT2D eigenvalue weighted by Gasteiger charge is 2.30. The van der Waals surface area contributed by atoms with Crippen molar-refractivity contribution in [3.8, 4) is 17.2 Å². The number of aromatic nitrogens is 2. The predicted octanol–water partition coefficient (Wildman–Crippen LogP) is 5.80. The minimum absolute atomic E-state index is 0.0724. The topological polar surface area (TPSA) is 114 Å². The van der Waals surface area contributed by atoms with Crippen molar-refractivity contribution in [1.29, 1.82) is 0 Å². The number of para-hydroxylation sites is 1. The third-order valence-corrected chi connectivity index (χ3v) is 7.93. The average molecular weight is 652 g/mol. The Morgan fingerprint density at radius 3 is 2.58 bits per heavy atom. The summed E-state index contributed by atoms with van der Waals surface area (Å²) < 4.78 is 17.5. The van der Waals surface area contributed by atoms with Crippen LogP contribution in [0.4, 0.5) is 28.7 Å². The fourth-order valence-electron chi connectivity index (χ4n) is 5.63. The lowest BCUT2D eigenvalue weighted by Crippen LogP contribution is -2.36. The molecule has 0 radical (unpaired) electrons. The van der Waals surface area contributed by atoms with Gasteiger partial charge in [0.2, 0.25) is 5.91 Å². The number of anilines is 5. The maximum Gasteiger partial charge on any atom is 0.248 e. The highest BCUT2D eigenvalue weighted by molar-refractivity contribution is 6.02. The lowest BCUT2D eigenvalue weighted by molar-refractivity contribution is -0.111. The summed E-state index contributed by atoms with van der Waals surface area (Å²) in [6, 6.07) is 23.3. The molecular weight excluding hydrogens is 610 g/mol. The average Bonchev–Trinajstić information content (AvgIpc) is 3.60. The van der Waals surface area contributed by atoms with Gasteiger partial charge in [-0.2, -0.15) is 0 Å². The largest absolute Gasteiger partial charge is 0.494 e. The highest BCUT2D eigenvalue weighted by atomic mass is 16.7. The Hall–Kier alpha value is -5.17. The number of hydrogen-bond acceptors (Lipinski definition) is 11. The number of morpholine rings is 1. The standard InChI is InChI=1S/C36H41N7O5/c1-41(2)15-8-13-36(44)40-29-22-30(33(45-3)23-32(29)42-16-19-46-20-17-42)39-34-24-35(38-25-37-34)43-31(14-18-47-43)26-9-7-12-28(21-26)48-27-10-5-4-6-11-27/h4-13,21-25,31H,14-20H2,1-3H3,(H,40,44)(H,37,38,39)/b13-8+. The van der Waals surface area contributed by atoms with Crippen LogP contribution in [0.1, 0.15) is 18.0 Å². The van der Waals surface area contributed by atoms with Crippen LogP contribution in [0.25, 0.3) is 0 Å². The number of ether oxygens (including phenoxy) is 3. The molecule has 250 valence electrons. The second kappa shape index (κ2) is 15.6. The number of hydrogen-bond donors (Lipinski definition) is 2. The Balaban J connectivity index is 1.24. The summed E-state index contributed by atoms with van der Waals surface area (Å²) in [6.45, 7) is 3.80. The van der Waals surface area contributed by atoms with E-state index in [0.29, 0.717) is 68.2 Å². The Morgan fingerprint density at radius 1 is 0.979 bits per heavy atom. The molecule has 6 rings (SSSR count). The number of carbonyl (C=O) groups excluding carboxylic acids is 1. The van der Waals surface area contributed by atoms with Gasteiger partial charge < -0.3 is 34.6 Å². The minimum Gasteiger partial charge on any atom is -0.494 e. The van der Waals surface area contributed by atoms with E-state index in [2.05, 4.69) is 31.6 Å². The Bertz CT molecular complexity index is 1710. The zero-order valence-electron chi connectivity index (χ0n) is 27.5. The minimum atomic E-state index is -0.220. The summed E-state index contributed by atoms with van der Waals surface area (Å²) in [5, 5.41) is 8.27. The normalized spacial score (nSPS) is 16.4. The van der Waals surface area contributed by atoms with E-state index in [4.69, 9.17) is 19.0 Å². The Morgan fingerprint density at radius 2 is 1.79 bits per heavy atom. The zero-order valence-corrected chi connectivity index (χ0v) is 27.5. The van der Waals surface area contributed by atoms with Crippen LogP contribution < -0.4 is 30.1 Å². The molecular formula is C36H41N7O5. The molecule has 3 heterocycles. The third-order valence-electron chi connectivity index (χ3n) is 7.93. The second-order valence-corrected chi connectivity index (χ2v) is 11.7. The summed E-state index contributed by atoms with van der Waals surface area (Å²) in [4.78, 5) is 32.2. The molecule has 2 aliphatic rings. The van der Waals surface area contributed by atoms with Crippen LogP contribution in [0, 0.1) is 0 Å². The van der Waals surface area contributed by atoms with Crippen molar-refractivity contribution in [2.75, 3.05) is 81.3 Å². The van der Waals surface area contributed by atoms with E-state index in [0.717, 1.165) is 29.2 Å². The number of methoxy groups -OCH3 is 1. The first-order chi connectivity index (χ1) is 23.5. The fourth-order valence-corrected chi connectivity index (χ4v) is 5.63. The van der Waals surface area contributed by atoms with E-state index in [9.17, 15) is 4.79 Å². The van der Waals surface area contributed by atoms with Crippen LogP contribution in [0.3, 0.4) is 0 Å². The molecule has 1 aromatic heterocycles. The van der Waals surface area contributed by atoms with Crippen molar-refractivity contribution in [3.05, 3.63) is 96.8 Å². The second-order valence-electron chi connectivity index (χ2n) is 11.7. The van der Waals surface area contributed by atoms with E-state index in [1.807, 2.05) is 96.9 Å². The van der Waals surface area contributed by atoms with Crippen LogP contribution in [0.2, 0.25) is 0 Å². The molecule has 2 fully saturated rings. The number of likely N-dealkylation sites (N-methyl/N-ethyl adjacent to an activating group) is 1. The van der Waals surface area contributed by atoms with Gasteiger partial charge in [-0.25, -0.2) is 15.0 Å². The maximum absolute atomic E-state index is 12.9. The molecule has 2 N–H and O–H groups in total.